The Balaban J connectivity index is 1.72. The summed E-state index contributed by atoms with van der Waals surface area (Å²) in [5.41, 5.74) is 1.56. The summed E-state index contributed by atoms with van der Waals surface area (Å²) >= 11 is 1.62. The second kappa shape index (κ2) is 9.58. The minimum absolute atomic E-state index is 0.0775. The summed E-state index contributed by atoms with van der Waals surface area (Å²) in [5, 5.41) is 5.80. The SMILES string of the molecule is CCSc1ccccc1C(=O)Nc1ccccc1C(=O)NC[C@@H]1CCCO1. The van der Waals surface area contributed by atoms with E-state index in [-0.39, 0.29) is 17.9 Å². The highest BCUT2D eigenvalue weighted by molar-refractivity contribution is 7.99. The monoisotopic (exact) mass is 384 g/mol. The number of benzene rings is 2. The van der Waals surface area contributed by atoms with Gasteiger partial charge in [0.1, 0.15) is 0 Å². The van der Waals surface area contributed by atoms with Gasteiger partial charge in [-0.15, -0.1) is 11.8 Å². The first-order chi connectivity index (χ1) is 13.2. The summed E-state index contributed by atoms with van der Waals surface area (Å²) in [6.07, 6.45) is 2.07. The Morgan fingerprint density at radius 1 is 1.07 bits per heavy atom. The lowest BCUT2D eigenvalue weighted by Crippen LogP contribution is -2.32. The number of anilines is 1. The minimum atomic E-state index is -0.217. The number of carbonyl (C=O) groups excluding carboxylic acids is 2. The molecular weight excluding hydrogens is 360 g/mol. The highest BCUT2D eigenvalue weighted by Crippen LogP contribution is 2.24. The minimum Gasteiger partial charge on any atom is -0.376 e. The predicted molar refractivity (Wildman–Crippen MR) is 109 cm³/mol. The zero-order chi connectivity index (χ0) is 19.1. The molecule has 1 heterocycles. The third kappa shape index (κ3) is 5.11. The lowest BCUT2D eigenvalue weighted by Gasteiger charge is -2.14. The molecular formula is C21H24N2O3S. The van der Waals surface area contributed by atoms with Gasteiger partial charge in [-0.25, -0.2) is 0 Å². The lowest BCUT2D eigenvalue weighted by atomic mass is 10.1. The quantitative estimate of drug-likeness (QED) is 0.709. The van der Waals surface area contributed by atoms with E-state index in [1.807, 2.05) is 25.1 Å². The number of rotatable bonds is 7. The molecule has 1 aliphatic heterocycles. The highest BCUT2D eigenvalue weighted by Gasteiger charge is 2.19. The second-order valence-corrected chi connectivity index (χ2v) is 7.58. The molecule has 142 valence electrons. The summed E-state index contributed by atoms with van der Waals surface area (Å²) in [4.78, 5) is 26.3. The van der Waals surface area contributed by atoms with Crippen molar-refractivity contribution >= 4 is 29.3 Å². The van der Waals surface area contributed by atoms with E-state index in [9.17, 15) is 9.59 Å². The van der Waals surface area contributed by atoms with E-state index in [1.54, 1.807) is 42.1 Å². The fourth-order valence-electron chi connectivity index (χ4n) is 3.02. The summed E-state index contributed by atoms with van der Waals surface area (Å²) in [5.74, 6) is 0.454. The molecule has 5 nitrogen and oxygen atoms in total. The van der Waals surface area contributed by atoms with Gasteiger partial charge in [0, 0.05) is 18.0 Å². The van der Waals surface area contributed by atoms with E-state index < -0.39 is 0 Å². The van der Waals surface area contributed by atoms with Crippen molar-refractivity contribution in [1.82, 2.24) is 5.32 Å². The third-order valence-electron chi connectivity index (χ3n) is 4.37. The number of ether oxygens (including phenoxy) is 1. The van der Waals surface area contributed by atoms with Gasteiger partial charge in [-0.1, -0.05) is 31.2 Å². The first-order valence-corrected chi connectivity index (χ1v) is 10.2. The van der Waals surface area contributed by atoms with Gasteiger partial charge in [0.15, 0.2) is 0 Å². The van der Waals surface area contributed by atoms with E-state index in [0.717, 1.165) is 30.1 Å². The summed E-state index contributed by atoms with van der Waals surface area (Å²) < 4.78 is 5.54. The number of amides is 2. The van der Waals surface area contributed by atoms with Gasteiger partial charge in [-0.05, 0) is 42.9 Å². The normalized spacial score (nSPS) is 16.1. The molecule has 1 saturated heterocycles. The Morgan fingerprint density at radius 2 is 1.81 bits per heavy atom. The van der Waals surface area contributed by atoms with Crippen LogP contribution in [-0.2, 0) is 4.74 Å². The van der Waals surface area contributed by atoms with Crippen LogP contribution in [0, 0.1) is 0 Å². The average molecular weight is 385 g/mol. The first-order valence-electron chi connectivity index (χ1n) is 9.21. The Bertz CT molecular complexity index is 804. The van der Waals surface area contributed by atoms with Crippen molar-refractivity contribution in [3.8, 4) is 0 Å². The average Bonchev–Trinajstić information content (AvgIpc) is 3.21. The molecule has 2 N–H and O–H groups in total. The van der Waals surface area contributed by atoms with Gasteiger partial charge in [0.05, 0.1) is 22.9 Å². The molecule has 0 saturated carbocycles. The number of para-hydroxylation sites is 1. The second-order valence-electron chi connectivity index (χ2n) is 6.27. The molecule has 0 aromatic heterocycles. The standard InChI is InChI=1S/C21H24N2O3S/c1-2-27-19-12-6-4-10-17(19)21(25)23-18-11-5-3-9-16(18)20(24)22-14-15-8-7-13-26-15/h3-6,9-12,15H,2,7-8,13-14H2,1H3,(H,22,24)(H,23,25)/t15-/m0/s1. The summed E-state index contributed by atoms with van der Waals surface area (Å²) in [7, 11) is 0. The molecule has 1 aliphatic rings. The number of hydrogen-bond acceptors (Lipinski definition) is 4. The van der Waals surface area contributed by atoms with Crippen molar-refractivity contribution in [2.75, 3.05) is 24.2 Å². The largest absolute Gasteiger partial charge is 0.376 e. The maximum absolute atomic E-state index is 12.8. The van der Waals surface area contributed by atoms with Crippen LogP contribution in [0.25, 0.3) is 0 Å². The molecule has 1 fully saturated rings. The molecule has 3 rings (SSSR count). The molecule has 0 unspecified atom stereocenters. The third-order valence-corrected chi connectivity index (χ3v) is 5.32. The molecule has 6 heteroatoms. The number of thioether (sulfide) groups is 1. The van der Waals surface area contributed by atoms with Crippen LogP contribution in [0.3, 0.4) is 0 Å². The Hall–Kier alpha value is -2.31. The molecule has 0 spiro atoms. The van der Waals surface area contributed by atoms with Crippen LogP contribution in [0.2, 0.25) is 0 Å². The topological polar surface area (TPSA) is 67.4 Å². The Morgan fingerprint density at radius 3 is 2.56 bits per heavy atom. The number of hydrogen-bond donors (Lipinski definition) is 2. The molecule has 0 radical (unpaired) electrons. The van der Waals surface area contributed by atoms with Crippen molar-refractivity contribution < 1.29 is 14.3 Å². The van der Waals surface area contributed by atoms with Crippen LogP contribution in [0.15, 0.2) is 53.4 Å². The fourth-order valence-corrected chi connectivity index (χ4v) is 3.82. The van der Waals surface area contributed by atoms with Crippen LogP contribution in [0.5, 0.6) is 0 Å². The van der Waals surface area contributed by atoms with E-state index in [0.29, 0.717) is 23.4 Å². The molecule has 2 amide bonds. The van der Waals surface area contributed by atoms with Crippen molar-refractivity contribution in [2.45, 2.75) is 30.8 Å². The van der Waals surface area contributed by atoms with Gasteiger partial charge in [-0.3, -0.25) is 9.59 Å². The van der Waals surface area contributed by atoms with E-state index in [1.165, 1.54) is 0 Å². The highest BCUT2D eigenvalue weighted by atomic mass is 32.2. The van der Waals surface area contributed by atoms with E-state index >= 15 is 0 Å². The maximum Gasteiger partial charge on any atom is 0.256 e. The lowest BCUT2D eigenvalue weighted by molar-refractivity contribution is 0.0858. The summed E-state index contributed by atoms with van der Waals surface area (Å²) in [6, 6.07) is 14.5. The van der Waals surface area contributed by atoms with E-state index in [4.69, 9.17) is 4.74 Å². The van der Waals surface area contributed by atoms with Gasteiger partial charge in [-0.2, -0.15) is 0 Å². The number of nitrogens with one attached hydrogen (secondary N) is 2. The Kier molecular flexibility index (Phi) is 6.90. The Labute approximate surface area is 163 Å². The molecule has 0 aliphatic carbocycles. The predicted octanol–water partition coefficient (Wildman–Crippen LogP) is 3.96. The van der Waals surface area contributed by atoms with E-state index in [2.05, 4.69) is 10.6 Å². The van der Waals surface area contributed by atoms with Crippen LogP contribution in [-0.4, -0.2) is 36.8 Å². The van der Waals surface area contributed by atoms with Gasteiger partial charge < -0.3 is 15.4 Å². The van der Waals surface area contributed by atoms with Crippen LogP contribution in [0.4, 0.5) is 5.69 Å². The number of carbonyl (C=O) groups is 2. The zero-order valence-electron chi connectivity index (χ0n) is 15.4. The van der Waals surface area contributed by atoms with Gasteiger partial charge in [0.25, 0.3) is 11.8 Å². The van der Waals surface area contributed by atoms with Gasteiger partial charge >= 0.3 is 0 Å². The van der Waals surface area contributed by atoms with Crippen LogP contribution >= 0.6 is 11.8 Å². The van der Waals surface area contributed by atoms with Crippen LogP contribution in [0.1, 0.15) is 40.5 Å². The van der Waals surface area contributed by atoms with Crippen molar-refractivity contribution in [3.63, 3.8) is 0 Å². The van der Waals surface area contributed by atoms with Crippen molar-refractivity contribution in [3.05, 3.63) is 59.7 Å². The fraction of sp³-hybridized carbons (Fsp3) is 0.333. The summed E-state index contributed by atoms with van der Waals surface area (Å²) in [6.45, 7) is 3.28. The molecule has 27 heavy (non-hydrogen) atoms. The molecule has 0 bridgehead atoms. The molecule has 2 aromatic rings. The maximum atomic E-state index is 12.8. The smallest absolute Gasteiger partial charge is 0.256 e. The first kappa shape index (κ1) is 19.5. The van der Waals surface area contributed by atoms with Crippen molar-refractivity contribution in [1.29, 1.82) is 0 Å². The van der Waals surface area contributed by atoms with Crippen LogP contribution < -0.4 is 10.6 Å². The van der Waals surface area contributed by atoms with Crippen molar-refractivity contribution in [2.24, 2.45) is 0 Å². The van der Waals surface area contributed by atoms with Gasteiger partial charge in [0.2, 0.25) is 0 Å². The zero-order valence-corrected chi connectivity index (χ0v) is 16.2. The molecule has 2 aromatic carbocycles. The molecule has 1 atom stereocenters.